The minimum absolute atomic E-state index is 0.0738. The van der Waals surface area contributed by atoms with Gasteiger partial charge in [0.2, 0.25) is 0 Å². The Balaban J connectivity index is 1.78. The fourth-order valence-electron chi connectivity index (χ4n) is 3.24. The standard InChI is InChI=1S/C17H28N4O/c1-17(2,3)21-15(12-5-6-12)11-14(19-21)16(22)20-9-7-13(18-4)8-10-20/h11-13,18H,5-10H2,1-4H3. The molecule has 2 fully saturated rings. The number of carbonyl (C=O) groups is 1. The first-order valence-electron chi connectivity index (χ1n) is 8.47. The lowest BCUT2D eigenvalue weighted by molar-refractivity contribution is 0.0699. The molecular weight excluding hydrogens is 276 g/mol. The molecule has 3 rings (SSSR count). The molecular formula is C17H28N4O. The highest BCUT2D eigenvalue weighted by Gasteiger charge is 2.33. The first kappa shape index (κ1) is 15.5. The van der Waals surface area contributed by atoms with E-state index in [-0.39, 0.29) is 11.4 Å². The lowest BCUT2D eigenvalue weighted by atomic mass is 10.1. The van der Waals surface area contributed by atoms with E-state index in [9.17, 15) is 4.79 Å². The maximum atomic E-state index is 12.8. The molecule has 22 heavy (non-hydrogen) atoms. The van der Waals surface area contributed by atoms with Crippen molar-refractivity contribution in [3.63, 3.8) is 0 Å². The van der Waals surface area contributed by atoms with Crippen molar-refractivity contribution in [1.82, 2.24) is 20.0 Å². The van der Waals surface area contributed by atoms with Crippen LogP contribution >= 0.6 is 0 Å². The highest BCUT2D eigenvalue weighted by Crippen LogP contribution is 2.41. The maximum Gasteiger partial charge on any atom is 0.274 e. The second-order valence-electron chi connectivity index (χ2n) is 7.67. The summed E-state index contributed by atoms with van der Waals surface area (Å²) in [5.41, 5.74) is 1.79. The monoisotopic (exact) mass is 304 g/mol. The van der Waals surface area contributed by atoms with Crippen LogP contribution in [0.25, 0.3) is 0 Å². The number of hydrogen-bond acceptors (Lipinski definition) is 3. The molecule has 1 aliphatic carbocycles. The van der Waals surface area contributed by atoms with Gasteiger partial charge in [-0.15, -0.1) is 0 Å². The lowest BCUT2D eigenvalue weighted by Crippen LogP contribution is -2.44. The number of amides is 1. The summed E-state index contributed by atoms with van der Waals surface area (Å²) in [6, 6.07) is 2.58. The highest BCUT2D eigenvalue weighted by molar-refractivity contribution is 5.92. The van der Waals surface area contributed by atoms with E-state index in [1.165, 1.54) is 18.5 Å². The van der Waals surface area contributed by atoms with Gasteiger partial charge in [-0.3, -0.25) is 9.48 Å². The normalized spacial score (nSPS) is 20.5. The molecule has 1 N–H and O–H groups in total. The lowest BCUT2D eigenvalue weighted by Gasteiger charge is -2.31. The number of likely N-dealkylation sites (tertiary alicyclic amines) is 1. The summed E-state index contributed by atoms with van der Waals surface area (Å²) >= 11 is 0. The summed E-state index contributed by atoms with van der Waals surface area (Å²) in [4.78, 5) is 14.7. The van der Waals surface area contributed by atoms with Gasteiger partial charge < -0.3 is 10.2 Å². The minimum Gasteiger partial charge on any atom is -0.337 e. The third-order valence-electron chi connectivity index (χ3n) is 4.78. The third-order valence-corrected chi connectivity index (χ3v) is 4.78. The van der Waals surface area contributed by atoms with E-state index >= 15 is 0 Å². The van der Waals surface area contributed by atoms with Gasteiger partial charge in [-0.2, -0.15) is 5.10 Å². The maximum absolute atomic E-state index is 12.8. The Bertz CT molecular complexity index is 545. The van der Waals surface area contributed by atoms with Gasteiger partial charge in [0.05, 0.1) is 5.54 Å². The molecule has 0 aromatic carbocycles. The molecule has 1 amide bonds. The molecule has 0 atom stereocenters. The van der Waals surface area contributed by atoms with Gasteiger partial charge in [-0.05, 0) is 59.6 Å². The van der Waals surface area contributed by atoms with Crippen LogP contribution in [0, 0.1) is 0 Å². The third kappa shape index (κ3) is 3.05. The van der Waals surface area contributed by atoms with Gasteiger partial charge >= 0.3 is 0 Å². The topological polar surface area (TPSA) is 50.2 Å². The summed E-state index contributed by atoms with van der Waals surface area (Å²) in [5, 5.41) is 7.97. The van der Waals surface area contributed by atoms with Crippen molar-refractivity contribution >= 4 is 5.91 Å². The van der Waals surface area contributed by atoms with Crippen LogP contribution < -0.4 is 5.32 Å². The molecule has 1 saturated carbocycles. The van der Waals surface area contributed by atoms with Crippen molar-refractivity contribution in [2.45, 2.75) is 64.0 Å². The van der Waals surface area contributed by atoms with Crippen molar-refractivity contribution in [3.05, 3.63) is 17.5 Å². The number of rotatable bonds is 3. The molecule has 0 radical (unpaired) electrons. The highest BCUT2D eigenvalue weighted by atomic mass is 16.2. The second kappa shape index (κ2) is 5.69. The molecule has 2 aliphatic rings. The average Bonchev–Trinajstić information content (AvgIpc) is 3.23. The molecule has 0 unspecified atom stereocenters. The molecule has 0 bridgehead atoms. The van der Waals surface area contributed by atoms with Gasteiger partial charge in [-0.1, -0.05) is 0 Å². The van der Waals surface area contributed by atoms with Crippen molar-refractivity contribution in [1.29, 1.82) is 0 Å². The van der Waals surface area contributed by atoms with Crippen LogP contribution in [-0.2, 0) is 5.54 Å². The summed E-state index contributed by atoms with van der Waals surface area (Å²) < 4.78 is 2.07. The zero-order chi connectivity index (χ0) is 15.9. The van der Waals surface area contributed by atoms with Crippen LogP contribution in [0.4, 0.5) is 0 Å². The number of nitrogens with zero attached hydrogens (tertiary/aromatic N) is 3. The van der Waals surface area contributed by atoms with Crippen LogP contribution in [-0.4, -0.2) is 46.8 Å². The van der Waals surface area contributed by atoms with Crippen LogP contribution in [0.1, 0.15) is 68.6 Å². The zero-order valence-corrected chi connectivity index (χ0v) is 14.2. The van der Waals surface area contributed by atoms with Gasteiger partial charge in [0, 0.05) is 30.7 Å². The first-order valence-corrected chi connectivity index (χ1v) is 8.47. The summed E-state index contributed by atoms with van der Waals surface area (Å²) in [7, 11) is 2.00. The predicted molar refractivity (Wildman–Crippen MR) is 87.2 cm³/mol. The fraction of sp³-hybridized carbons (Fsp3) is 0.765. The van der Waals surface area contributed by atoms with E-state index in [1.807, 2.05) is 18.0 Å². The number of piperidine rings is 1. The molecule has 5 nitrogen and oxygen atoms in total. The quantitative estimate of drug-likeness (QED) is 0.932. The van der Waals surface area contributed by atoms with Gasteiger partial charge in [0.15, 0.2) is 5.69 Å². The van der Waals surface area contributed by atoms with Crippen molar-refractivity contribution < 1.29 is 4.79 Å². The summed E-state index contributed by atoms with van der Waals surface area (Å²) in [5.74, 6) is 0.697. The molecule has 1 aliphatic heterocycles. The Morgan fingerprint density at radius 1 is 1.23 bits per heavy atom. The Hall–Kier alpha value is -1.36. The van der Waals surface area contributed by atoms with Gasteiger partial charge in [-0.25, -0.2) is 0 Å². The fourth-order valence-corrected chi connectivity index (χ4v) is 3.24. The van der Waals surface area contributed by atoms with Crippen LogP contribution in [0.15, 0.2) is 6.07 Å². The van der Waals surface area contributed by atoms with E-state index < -0.39 is 0 Å². The largest absolute Gasteiger partial charge is 0.337 e. The number of aromatic nitrogens is 2. The molecule has 0 spiro atoms. The first-order chi connectivity index (χ1) is 10.4. The van der Waals surface area contributed by atoms with Crippen molar-refractivity contribution in [2.75, 3.05) is 20.1 Å². The van der Waals surface area contributed by atoms with E-state index in [0.717, 1.165) is 25.9 Å². The Kier molecular flexibility index (Phi) is 4.02. The van der Waals surface area contributed by atoms with E-state index in [0.29, 0.717) is 17.7 Å². The van der Waals surface area contributed by atoms with E-state index in [4.69, 9.17) is 0 Å². The van der Waals surface area contributed by atoms with E-state index in [2.05, 4.69) is 35.9 Å². The smallest absolute Gasteiger partial charge is 0.274 e. The van der Waals surface area contributed by atoms with E-state index in [1.54, 1.807) is 0 Å². The molecule has 2 heterocycles. The molecule has 5 heteroatoms. The van der Waals surface area contributed by atoms with Crippen molar-refractivity contribution in [2.24, 2.45) is 0 Å². The van der Waals surface area contributed by atoms with Gasteiger partial charge in [0.25, 0.3) is 5.91 Å². The second-order valence-corrected chi connectivity index (χ2v) is 7.67. The Labute approximate surface area is 133 Å². The van der Waals surface area contributed by atoms with Crippen LogP contribution in [0.2, 0.25) is 0 Å². The number of carbonyl (C=O) groups excluding carboxylic acids is 1. The summed E-state index contributed by atoms with van der Waals surface area (Å²) in [6.45, 7) is 8.10. The Morgan fingerprint density at radius 2 is 1.86 bits per heavy atom. The number of hydrogen-bond donors (Lipinski definition) is 1. The number of nitrogens with one attached hydrogen (secondary N) is 1. The zero-order valence-electron chi connectivity index (χ0n) is 14.2. The SMILES string of the molecule is CNC1CCN(C(=O)c2cc(C3CC3)n(C(C)(C)C)n2)CC1. The minimum atomic E-state index is -0.0738. The van der Waals surface area contributed by atoms with Gasteiger partial charge in [0.1, 0.15) is 0 Å². The molecule has 1 aromatic heterocycles. The van der Waals surface area contributed by atoms with Crippen LogP contribution in [0.5, 0.6) is 0 Å². The average molecular weight is 304 g/mol. The summed E-state index contributed by atoms with van der Waals surface area (Å²) in [6.07, 6.45) is 4.50. The van der Waals surface area contributed by atoms with Crippen molar-refractivity contribution in [3.8, 4) is 0 Å². The molecule has 1 saturated heterocycles. The molecule has 1 aromatic rings. The van der Waals surface area contributed by atoms with Crippen LogP contribution in [0.3, 0.4) is 0 Å². The predicted octanol–water partition coefficient (Wildman–Crippen LogP) is 2.34. The molecule has 122 valence electrons. The Morgan fingerprint density at radius 3 is 2.36 bits per heavy atom.